The number of hydrogen-bond acceptors (Lipinski definition) is 6. The fourth-order valence-corrected chi connectivity index (χ4v) is 3.29. The molecule has 1 aromatic carbocycles. The van der Waals surface area contributed by atoms with E-state index in [9.17, 15) is 14.4 Å². The molecule has 0 bridgehead atoms. The van der Waals surface area contributed by atoms with Gasteiger partial charge < -0.3 is 15.0 Å². The molecule has 3 heterocycles. The Morgan fingerprint density at radius 2 is 2.03 bits per heavy atom. The highest BCUT2D eigenvalue weighted by atomic mass is 16.5. The van der Waals surface area contributed by atoms with Crippen molar-refractivity contribution >= 4 is 29.2 Å². The maximum Gasteiger partial charge on any atom is 0.340 e. The van der Waals surface area contributed by atoms with Crippen LogP contribution in [0.2, 0.25) is 0 Å². The summed E-state index contributed by atoms with van der Waals surface area (Å²) < 4.78 is 6.77. The second kappa shape index (κ2) is 8.16. The van der Waals surface area contributed by atoms with Gasteiger partial charge in [0.05, 0.1) is 16.9 Å². The highest BCUT2D eigenvalue weighted by molar-refractivity contribution is 6.05. The molecule has 1 atom stereocenters. The molecule has 30 heavy (non-hydrogen) atoms. The molecular formula is C21H19N5O4. The van der Waals surface area contributed by atoms with Crippen molar-refractivity contribution in [1.82, 2.24) is 14.8 Å². The number of esters is 1. The third-order valence-electron chi connectivity index (χ3n) is 4.68. The Balaban J connectivity index is 1.45. The molecule has 1 unspecified atom stereocenters. The number of pyridine rings is 1. The molecule has 3 aromatic rings. The van der Waals surface area contributed by atoms with Gasteiger partial charge in [0.2, 0.25) is 5.91 Å². The van der Waals surface area contributed by atoms with Gasteiger partial charge in [-0.25, -0.2) is 14.5 Å². The van der Waals surface area contributed by atoms with E-state index >= 15 is 0 Å². The van der Waals surface area contributed by atoms with Crippen molar-refractivity contribution < 1.29 is 19.1 Å². The zero-order valence-electron chi connectivity index (χ0n) is 16.2. The van der Waals surface area contributed by atoms with Crippen LogP contribution in [0.15, 0.2) is 61.1 Å². The quantitative estimate of drug-likeness (QED) is 0.667. The third-order valence-corrected chi connectivity index (χ3v) is 4.68. The number of rotatable bonds is 4. The second-order valence-electron chi connectivity index (χ2n) is 6.81. The first-order chi connectivity index (χ1) is 14.5. The minimum absolute atomic E-state index is 0.146. The molecule has 9 nitrogen and oxygen atoms in total. The van der Waals surface area contributed by atoms with E-state index in [2.05, 4.69) is 15.4 Å². The molecule has 2 aromatic heterocycles. The number of nitrogens with zero attached hydrogens (tertiary/aromatic N) is 4. The second-order valence-corrected chi connectivity index (χ2v) is 6.81. The number of hydrogen-bond donors (Lipinski definition) is 1. The largest absolute Gasteiger partial charge is 0.452 e. The lowest BCUT2D eigenvalue weighted by molar-refractivity contribution is -0.122. The Labute approximate surface area is 172 Å². The number of amides is 2. The number of anilines is 2. The Morgan fingerprint density at radius 3 is 2.77 bits per heavy atom. The molecule has 0 saturated carbocycles. The van der Waals surface area contributed by atoms with Crippen molar-refractivity contribution in [3.63, 3.8) is 0 Å². The van der Waals surface area contributed by atoms with E-state index in [1.807, 2.05) is 0 Å². The summed E-state index contributed by atoms with van der Waals surface area (Å²) in [6.45, 7) is 1.33. The van der Waals surface area contributed by atoms with Gasteiger partial charge in [-0.05, 0) is 37.3 Å². The molecule has 152 valence electrons. The first-order valence-corrected chi connectivity index (χ1v) is 9.37. The summed E-state index contributed by atoms with van der Waals surface area (Å²) >= 11 is 0. The van der Waals surface area contributed by atoms with Crippen LogP contribution in [-0.4, -0.2) is 45.2 Å². The van der Waals surface area contributed by atoms with Crippen molar-refractivity contribution in [3.05, 3.63) is 66.6 Å². The molecule has 4 rings (SSSR count). The van der Waals surface area contributed by atoms with Crippen LogP contribution >= 0.6 is 0 Å². The number of fused-ring (bicyclic) bond motifs is 1. The lowest BCUT2D eigenvalue weighted by Crippen LogP contribution is -2.41. The number of nitrogens with one attached hydrogen (secondary N) is 1. The third kappa shape index (κ3) is 3.90. The standard InChI is InChI=1S/C21H19N5O4/c1-14-11-19(27)24-16-5-2-3-6-17(16)26(14)20(28)13-30-21(29)15-7-8-18(22-12-15)25-10-4-9-23-25/h2-10,12,14H,11,13H2,1H3,(H,24,27). The number of carbonyl (C=O) groups is 3. The van der Waals surface area contributed by atoms with Gasteiger partial charge in [0, 0.05) is 31.1 Å². The van der Waals surface area contributed by atoms with E-state index in [1.165, 1.54) is 11.1 Å². The average molecular weight is 405 g/mol. The Morgan fingerprint density at radius 1 is 1.20 bits per heavy atom. The lowest BCUT2D eigenvalue weighted by atomic mass is 10.1. The number of para-hydroxylation sites is 2. The Bertz CT molecular complexity index is 1080. The molecule has 0 fully saturated rings. The minimum atomic E-state index is -0.659. The highest BCUT2D eigenvalue weighted by Crippen LogP contribution is 2.31. The molecular weight excluding hydrogens is 386 g/mol. The zero-order chi connectivity index (χ0) is 21.1. The van der Waals surface area contributed by atoms with Crippen LogP contribution in [0.3, 0.4) is 0 Å². The molecule has 1 aliphatic heterocycles. The summed E-state index contributed by atoms with van der Waals surface area (Å²) in [5.74, 6) is -0.695. The van der Waals surface area contributed by atoms with Crippen molar-refractivity contribution in [2.45, 2.75) is 19.4 Å². The van der Waals surface area contributed by atoms with Crippen LogP contribution in [0.4, 0.5) is 11.4 Å². The minimum Gasteiger partial charge on any atom is -0.452 e. The molecule has 9 heteroatoms. The van der Waals surface area contributed by atoms with Crippen LogP contribution in [0.25, 0.3) is 5.82 Å². The highest BCUT2D eigenvalue weighted by Gasteiger charge is 2.30. The fraction of sp³-hybridized carbons (Fsp3) is 0.190. The van der Waals surface area contributed by atoms with Crippen LogP contribution in [-0.2, 0) is 14.3 Å². The maximum absolute atomic E-state index is 12.9. The summed E-state index contributed by atoms with van der Waals surface area (Å²) in [5, 5.41) is 6.86. The van der Waals surface area contributed by atoms with Crippen molar-refractivity contribution in [1.29, 1.82) is 0 Å². The fourth-order valence-electron chi connectivity index (χ4n) is 3.29. The first kappa shape index (κ1) is 19.3. The van der Waals surface area contributed by atoms with Crippen LogP contribution in [0.5, 0.6) is 0 Å². The number of ether oxygens (including phenoxy) is 1. The number of carbonyl (C=O) groups excluding carboxylic acids is 3. The first-order valence-electron chi connectivity index (χ1n) is 9.37. The van der Waals surface area contributed by atoms with Gasteiger partial charge in [-0.1, -0.05) is 12.1 Å². The van der Waals surface area contributed by atoms with Gasteiger partial charge in [-0.2, -0.15) is 5.10 Å². The summed E-state index contributed by atoms with van der Waals surface area (Å²) in [4.78, 5) is 42.9. The van der Waals surface area contributed by atoms with Gasteiger partial charge in [-0.15, -0.1) is 0 Å². The van der Waals surface area contributed by atoms with Gasteiger partial charge in [0.1, 0.15) is 0 Å². The van der Waals surface area contributed by atoms with Crippen molar-refractivity contribution in [3.8, 4) is 5.82 Å². The van der Waals surface area contributed by atoms with Gasteiger partial charge in [-0.3, -0.25) is 9.59 Å². The summed E-state index contributed by atoms with van der Waals surface area (Å²) in [6.07, 6.45) is 4.88. The smallest absolute Gasteiger partial charge is 0.340 e. The van der Waals surface area contributed by atoms with E-state index in [4.69, 9.17) is 4.74 Å². The monoisotopic (exact) mass is 405 g/mol. The summed E-state index contributed by atoms with van der Waals surface area (Å²) in [6, 6.07) is 11.6. The molecule has 0 aliphatic carbocycles. The predicted molar refractivity (Wildman–Crippen MR) is 108 cm³/mol. The Hall–Kier alpha value is -4.01. The molecule has 1 N–H and O–H groups in total. The van der Waals surface area contributed by atoms with Crippen LogP contribution in [0.1, 0.15) is 23.7 Å². The Kier molecular flexibility index (Phi) is 5.25. The molecule has 0 spiro atoms. The topological polar surface area (TPSA) is 106 Å². The zero-order valence-corrected chi connectivity index (χ0v) is 16.2. The summed E-state index contributed by atoms with van der Waals surface area (Å²) in [5.41, 5.74) is 1.34. The van der Waals surface area contributed by atoms with Crippen LogP contribution in [0, 0.1) is 0 Å². The van der Waals surface area contributed by atoms with Gasteiger partial charge in [0.25, 0.3) is 5.91 Å². The molecule has 2 amide bonds. The van der Waals surface area contributed by atoms with Crippen molar-refractivity contribution in [2.75, 3.05) is 16.8 Å². The lowest BCUT2D eigenvalue weighted by Gasteiger charge is -2.27. The van der Waals surface area contributed by atoms with E-state index < -0.39 is 18.5 Å². The van der Waals surface area contributed by atoms with Gasteiger partial charge >= 0.3 is 5.97 Å². The average Bonchev–Trinajstić information content (AvgIpc) is 3.24. The van der Waals surface area contributed by atoms with E-state index in [-0.39, 0.29) is 23.9 Å². The predicted octanol–water partition coefficient (Wildman–Crippen LogP) is 2.19. The van der Waals surface area contributed by atoms with E-state index in [0.29, 0.717) is 17.2 Å². The number of aromatic nitrogens is 3. The molecule has 0 radical (unpaired) electrons. The maximum atomic E-state index is 12.9. The van der Waals surface area contributed by atoms with Crippen LogP contribution < -0.4 is 10.2 Å². The SMILES string of the molecule is CC1CC(=O)Nc2ccccc2N1C(=O)COC(=O)c1ccc(-n2cccn2)nc1. The van der Waals surface area contributed by atoms with Crippen molar-refractivity contribution in [2.24, 2.45) is 0 Å². The van der Waals surface area contributed by atoms with E-state index in [0.717, 1.165) is 0 Å². The summed E-state index contributed by atoms with van der Waals surface area (Å²) in [7, 11) is 0. The van der Waals surface area contributed by atoms with E-state index in [1.54, 1.807) is 66.5 Å². The normalized spacial score (nSPS) is 15.7. The number of benzene rings is 1. The molecule has 1 aliphatic rings. The van der Waals surface area contributed by atoms with Gasteiger partial charge in [0.15, 0.2) is 12.4 Å². The molecule has 0 saturated heterocycles.